The molecule has 1 amide bonds. The maximum absolute atomic E-state index is 13.5. The molecular formula is C12H13F3N2OS. The molecule has 0 aliphatic heterocycles. The lowest BCUT2D eigenvalue weighted by Crippen LogP contribution is -2.39. The van der Waals surface area contributed by atoms with Crippen molar-refractivity contribution in [2.24, 2.45) is 5.73 Å². The van der Waals surface area contributed by atoms with Crippen molar-refractivity contribution in [3.8, 4) is 0 Å². The molecule has 0 heterocycles. The fourth-order valence-corrected chi connectivity index (χ4v) is 1.77. The van der Waals surface area contributed by atoms with Crippen molar-refractivity contribution >= 4 is 23.1 Å². The van der Waals surface area contributed by atoms with Crippen molar-refractivity contribution in [2.45, 2.75) is 13.3 Å². The molecule has 0 radical (unpaired) electrons. The molecule has 19 heavy (non-hydrogen) atoms. The van der Waals surface area contributed by atoms with Crippen LogP contribution >= 0.6 is 12.2 Å². The number of nitrogens with zero attached hydrogens (tertiary/aromatic N) is 1. The second-order valence-electron chi connectivity index (χ2n) is 3.94. The number of carbonyl (C=O) groups excluding carboxylic acids is 1. The second-order valence-corrected chi connectivity index (χ2v) is 4.46. The van der Waals surface area contributed by atoms with Gasteiger partial charge in [-0.2, -0.15) is 0 Å². The summed E-state index contributed by atoms with van der Waals surface area (Å²) in [7, 11) is 0. The summed E-state index contributed by atoms with van der Waals surface area (Å²) in [5.74, 6) is -4.47. The van der Waals surface area contributed by atoms with E-state index in [0.717, 1.165) is 4.90 Å². The highest BCUT2D eigenvalue weighted by molar-refractivity contribution is 7.80. The van der Waals surface area contributed by atoms with Crippen LogP contribution in [-0.2, 0) is 0 Å². The van der Waals surface area contributed by atoms with Gasteiger partial charge in [0, 0.05) is 18.7 Å². The smallest absolute Gasteiger partial charge is 0.260 e. The zero-order chi connectivity index (χ0) is 14.6. The fraction of sp³-hybridized carbons (Fsp3) is 0.333. The summed E-state index contributed by atoms with van der Waals surface area (Å²) >= 11 is 4.68. The fourth-order valence-electron chi connectivity index (χ4n) is 1.62. The van der Waals surface area contributed by atoms with Crippen molar-refractivity contribution in [1.29, 1.82) is 0 Å². The normalized spacial score (nSPS) is 10.3. The predicted octanol–water partition coefficient (Wildman–Crippen LogP) is 2.24. The first-order valence-corrected chi connectivity index (χ1v) is 5.99. The molecule has 0 bridgehead atoms. The minimum atomic E-state index is -1.24. The third-order valence-corrected chi connectivity index (χ3v) is 2.48. The third kappa shape index (κ3) is 3.92. The van der Waals surface area contributed by atoms with Gasteiger partial charge in [0.1, 0.15) is 23.0 Å². The molecule has 104 valence electrons. The lowest BCUT2D eigenvalue weighted by Gasteiger charge is -2.22. The number of hydrogen-bond acceptors (Lipinski definition) is 2. The SMILES string of the molecule is CCCN(CC(N)=S)C(=O)c1c(F)cc(F)cc1F. The summed E-state index contributed by atoms with van der Waals surface area (Å²) < 4.78 is 39.8. The average molecular weight is 290 g/mol. The van der Waals surface area contributed by atoms with E-state index in [1.165, 1.54) is 0 Å². The molecule has 0 atom stereocenters. The van der Waals surface area contributed by atoms with Gasteiger partial charge in [-0.25, -0.2) is 13.2 Å². The van der Waals surface area contributed by atoms with Crippen LogP contribution in [0, 0.1) is 17.5 Å². The van der Waals surface area contributed by atoms with E-state index >= 15 is 0 Å². The van der Waals surface area contributed by atoms with E-state index in [9.17, 15) is 18.0 Å². The van der Waals surface area contributed by atoms with Crippen LogP contribution in [-0.4, -0.2) is 28.9 Å². The van der Waals surface area contributed by atoms with Crippen molar-refractivity contribution in [2.75, 3.05) is 13.1 Å². The van der Waals surface area contributed by atoms with Gasteiger partial charge in [0.15, 0.2) is 0 Å². The Hall–Kier alpha value is -1.63. The average Bonchev–Trinajstić information content (AvgIpc) is 2.26. The largest absolute Gasteiger partial charge is 0.392 e. The highest BCUT2D eigenvalue weighted by atomic mass is 32.1. The number of nitrogens with two attached hydrogens (primary N) is 1. The van der Waals surface area contributed by atoms with Crippen molar-refractivity contribution in [3.63, 3.8) is 0 Å². The maximum atomic E-state index is 13.5. The van der Waals surface area contributed by atoms with Gasteiger partial charge in [-0.15, -0.1) is 0 Å². The number of benzene rings is 1. The molecule has 1 aromatic carbocycles. The molecular weight excluding hydrogens is 277 g/mol. The van der Waals surface area contributed by atoms with Crippen LogP contribution in [0.2, 0.25) is 0 Å². The molecule has 3 nitrogen and oxygen atoms in total. The molecule has 2 N–H and O–H groups in total. The number of halogens is 3. The number of rotatable bonds is 5. The van der Waals surface area contributed by atoms with Crippen molar-refractivity contribution in [1.82, 2.24) is 4.90 Å². The van der Waals surface area contributed by atoms with Crippen LogP contribution in [0.15, 0.2) is 12.1 Å². The van der Waals surface area contributed by atoms with Crippen LogP contribution < -0.4 is 5.73 Å². The molecule has 7 heteroatoms. The van der Waals surface area contributed by atoms with E-state index in [0.29, 0.717) is 18.6 Å². The maximum Gasteiger partial charge on any atom is 0.260 e. The van der Waals surface area contributed by atoms with Crippen LogP contribution in [0.3, 0.4) is 0 Å². The Morgan fingerprint density at radius 2 is 1.84 bits per heavy atom. The van der Waals surface area contributed by atoms with Crippen LogP contribution in [0.5, 0.6) is 0 Å². The van der Waals surface area contributed by atoms with E-state index in [1.54, 1.807) is 6.92 Å². The summed E-state index contributed by atoms with van der Waals surface area (Å²) in [4.78, 5) is 13.2. The van der Waals surface area contributed by atoms with E-state index in [-0.39, 0.29) is 18.1 Å². The Morgan fingerprint density at radius 3 is 2.26 bits per heavy atom. The standard InChI is InChI=1S/C12H13F3N2OS/c1-2-3-17(6-10(16)19)12(18)11-8(14)4-7(13)5-9(11)15/h4-5H,2-3,6H2,1H3,(H2,16,19). The quantitative estimate of drug-likeness (QED) is 0.846. The van der Waals surface area contributed by atoms with E-state index < -0.39 is 28.9 Å². The molecule has 0 spiro atoms. The third-order valence-electron chi connectivity index (χ3n) is 2.35. The van der Waals surface area contributed by atoms with E-state index in [2.05, 4.69) is 12.2 Å². The minimum absolute atomic E-state index is 0.0322. The number of amides is 1. The zero-order valence-electron chi connectivity index (χ0n) is 10.3. The van der Waals surface area contributed by atoms with Crippen molar-refractivity contribution < 1.29 is 18.0 Å². The topological polar surface area (TPSA) is 46.3 Å². The lowest BCUT2D eigenvalue weighted by atomic mass is 10.1. The minimum Gasteiger partial charge on any atom is -0.392 e. The van der Waals surface area contributed by atoms with Gasteiger partial charge in [0.2, 0.25) is 0 Å². The molecule has 0 aliphatic carbocycles. The summed E-state index contributed by atoms with van der Waals surface area (Å²) in [6.07, 6.45) is 0.568. The van der Waals surface area contributed by atoms with E-state index in [4.69, 9.17) is 5.73 Å². The summed E-state index contributed by atoms with van der Waals surface area (Å²) in [6.45, 7) is 1.95. The first kappa shape index (κ1) is 15.4. The predicted molar refractivity (Wildman–Crippen MR) is 69.3 cm³/mol. The Kier molecular flexibility index (Phi) is 5.29. The molecule has 0 aromatic heterocycles. The molecule has 0 saturated carbocycles. The summed E-state index contributed by atoms with van der Waals surface area (Å²) in [5.41, 5.74) is 4.53. The summed E-state index contributed by atoms with van der Waals surface area (Å²) in [6, 6.07) is 0.919. The van der Waals surface area contributed by atoms with Crippen LogP contribution in [0.4, 0.5) is 13.2 Å². The van der Waals surface area contributed by atoms with Crippen molar-refractivity contribution in [3.05, 3.63) is 35.1 Å². The molecule has 0 fully saturated rings. The zero-order valence-corrected chi connectivity index (χ0v) is 11.1. The number of carbonyl (C=O) groups is 1. The highest BCUT2D eigenvalue weighted by Gasteiger charge is 2.24. The molecule has 0 unspecified atom stereocenters. The first-order chi connectivity index (χ1) is 8.86. The number of thiocarbonyl (C=S) groups is 1. The Morgan fingerprint density at radius 1 is 1.32 bits per heavy atom. The second kappa shape index (κ2) is 6.51. The summed E-state index contributed by atoms with van der Waals surface area (Å²) in [5, 5.41) is 0. The Bertz CT molecular complexity index is 485. The Balaban J connectivity index is 3.12. The van der Waals surface area contributed by atoms with Gasteiger partial charge in [-0.3, -0.25) is 4.79 Å². The number of hydrogen-bond donors (Lipinski definition) is 1. The van der Waals surface area contributed by atoms with Gasteiger partial charge in [0.05, 0.1) is 11.5 Å². The van der Waals surface area contributed by atoms with Gasteiger partial charge in [0.25, 0.3) is 5.91 Å². The van der Waals surface area contributed by atoms with E-state index in [1.807, 2.05) is 0 Å². The van der Waals surface area contributed by atoms with Gasteiger partial charge in [-0.05, 0) is 6.42 Å². The highest BCUT2D eigenvalue weighted by Crippen LogP contribution is 2.17. The monoisotopic (exact) mass is 290 g/mol. The molecule has 1 rings (SSSR count). The van der Waals surface area contributed by atoms with Crippen LogP contribution in [0.1, 0.15) is 23.7 Å². The Labute approximate surface area is 114 Å². The first-order valence-electron chi connectivity index (χ1n) is 5.59. The van der Waals surface area contributed by atoms with Crippen LogP contribution in [0.25, 0.3) is 0 Å². The lowest BCUT2D eigenvalue weighted by molar-refractivity contribution is 0.0770. The van der Waals surface area contributed by atoms with Gasteiger partial charge in [-0.1, -0.05) is 19.1 Å². The molecule has 1 aromatic rings. The molecule has 0 aliphatic rings. The van der Waals surface area contributed by atoms with Gasteiger partial charge < -0.3 is 10.6 Å². The van der Waals surface area contributed by atoms with Gasteiger partial charge >= 0.3 is 0 Å². The molecule has 0 saturated heterocycles.